The van der Waals surface area contributed by atoms with Gasteiger partial charge in [-0.25, -0.2) is 0 Å². The molecule has 1 heterocycles. The van der Waals surface area contributed by atoms with E-state index in [0.29, 0.717) is 5.46 Å². The molecule has 2 nitrogen and oxygen atoms in total. The van der Waals surface area contributed by atoms with Gasteiger partial charge in [-0.2, -0.15) is 0 Å². The molecule has 2 N–H and O–H groups in total. The molecule has 0 aliphatic heterocycles. The van der Waals surface area contributed by atoms with Crippen molar-refractivity contribution in [3.05, 3.63) is 27.5 Å². The highest BCUT2D eigenvalue weighted by atomic mass is 79.9. The summed E-state index contributed by atoms with van der Waals surface area (Å²) in [6.07, 6.45) is 0. The van der Waals surface area contributed by atoms with Gasteiger partial charge in [-0.3, -0.25) is 0 Å². The van der Waals surface area contributed by atoms with Crippen LogP contribution in [0.3, 0.4) is 0 Å². The van der Waals surface area contributed by atoms with Gasteiger partial charge in [0, 0.05) is 9.17 Å². The summed E-state index contributed by atoms with van der Waals surface area (Å²) in [5, 5.41) is 21.4. The normalized spacial score (nSPS) is 10.9. The highest BCUT2D eigenvalue weighted by molar-refractivity contribution is 9.10. The third kappa shape index (κ3) is 1.50. The van der Waals surface area contributed by atoms with Crippen molar-refractivity contribution in [2.24, 2.45) is 0 Å². The second-order valence-corrected chi connectivity index (χ2v) is 4.90. The summed E-state index contributed by atoms with van der Waals surface area (Å²) in [6.45, 7) is 1.87. The van der Waals surface area contributed by atoms with E-state index < -0.39 is 7.12 Å². The van der Waals surface area contributed by atoms with Crippen LogP contribution in [0.25, 0.3) is 10.1 Å². The second-order valence-electron chi connectivity index (χ2n) is 3.13. The Balaban J connectivity index is 2.86. The van der Waals surface area contributed by atoms with Crippen LogP contribution in [0.4, 0.5) is 0 Å². The quantitative estimate of drug-likeness (QED) is 0.774. The number of aryl methyl sites for hydroxylation is 1. The van der Waals surface area contributed by atoms with Crippen LogP contribution in [0.1, 0.15) is 5.56 Å². The maximum Gasteiger partial charge on any atom is 0.489 e. The molecular weight excluding hydrogens is 263 g/mol. The Morgan fingerprint density at radius 3 is 2.79 bits per heavy atom. The van der Waals surface area contributed by atoms with Gasteiger partial charge in [-0.15, -0.1) is 11.3 Å². The number of hydrogen-bond acceptors (Lipinski definition) is 3. The lowest BCUT2D eigenvalue weighted by molar-refractivity contribution is 0.426. The molecule has 2 rings (SSSR count). The Kier molecular flexibility index (Phi) is 2.66. The summed E-state index contributed by atoms with van der Waals surface area (Å²) in [6, 6.07) is 3.82. The average molecular weight is 271 g/mol. The lowest BCUT2D eigenvalue weighted by Crippen LogP contribution is -2.32. The van der Waals surface area contributed by atoms with Crippen LogP contribution in [-0.4, -0.2) is 17.2 Å². The minimum absolute atomic E-state index is 0.601. The fourth-order valence-electron chi connectivity index (χ4n) is 1.59. The third-order valence-corrected chi connectivity index (χ3v) is 4.03. The summed E-state index contributed by atoms with van der Waals surface area (Å²) in [5.74, 6) is 0. The van der Waals surface area contributed by atoms with Crippen LogP contribution in [0.5, 0.6) is 0 Å². The smallest absolute Gasteiger partial charge is 0.423 e. The van der Waals surface area contributed by atoms with Gasteiger partial charge in [0.25, 0.3) is 0 Å². The highest BCUT2D eigenvalue weighted by Crippen LogP contribution is 2.29. The maximum absolute atomic E-state index is 9.26. The summed E-state index contributed by atoms with van der Waals surface area (Å²) in [5.41, 5.74) is 1.49. The number of hydrogen-bond donors (Lipinski definition) is 2. The average Bonchev–Trinajstić information content (AvgIpc) is 2.51. The van der Waals surface area contributed by atoms with Crippen LogP contribution >= 0.6 is 27.3 Å². The first-order valence-electron chi connectivity index (χ1n) is 4.13. The van der Waals surface area contributed by atoms with Gasteiger partial charge in [0.05, 0.1) is 0 Å². The molecule has 0 unspecified atom stereocenters. The molecule has 5 heteroatoms. The molecule has 0 saturated heterocycles. The van der Waals surface area contributed by atoms with Crippen LogP contribution in [0.2, 0.25) is 0 Å². The molecular formula is C9H8BBrO2S. The zero-order chi connectivity index (χ0) is 10.3. The van der Waals surface area contributed by atoms with Crippen molar-refractivity contribution in [3.8, 4) is 0 Å². The van der Waals surface area contributed by atoms with Crippen molar-refractivity contribution in [2.45, 2.75) is 6.92 Å². The predicted octanol–water partition coefficient (Wildman–Crippen LogP) is 1.65. The van der Waals surface area contributed by atoms with Gasteiger partial charge < -0.3 is 10.0 Å². The Bertz CT molecular complexity index is 481. The summed E-state index contributed by atoms with van der Waals surface area (Å²) in [4.78, 5) is 0. The van der Waals surface area contributed by atoms with Crippen LogP contribution < -0.4 is 5.46 Å². The third-order valence-electron chi connectivity index (χ3n) is 2.20. The van der Waals surface area contributed by atoms with E-state index in [1.54, 1.807) is 11.3 Å². The predicted molar refractivity (Wildman–Crippen MR) is 64.1 cm³/mol. The van der Waals surface area contributed by atoms with Crippen LogP contribution in [0, 0.1) is 6.92 Å². The van der Waals surface area contributed by atoms with E-state index in [1.807, 2.05) is 24.4 Å². The molecule has 1 aromatic heterocycles. The summed E-state index contributed by atoms with van der Waals surface area (Å²) in [7, 11) is -1.40. The molecule has 0 bridgehead atoms. The number of halogens is 1. The van der Waals surface area contributed by atoms with Crippen molar-refractivity contribution < 1.29 is 10.0 Å². The molecule has 0 atom stereocenters. The number of thiophene rings is 1. The van der Waals surface area contributed by atoms with E-state index in [2.05, 4.69) is 15.9 Å². The van der Waals surface area contributed by atoms with E-state index in [-0.39, 0.29) is 0 Å². The Morgan fingerprint density at radius 2 is 2.14 bits per heavy atom. The first kappa shape index (κ1) is 10.2. The second kappa shape index (κ2) is 3.66. The molecule has 0 saturated carbocycles. The van der Waals surface area contributed by atoms with E-state index in [0.717, 1.165) is 20.1 Å². The maximum atomic E-state index is 9.26. The standard InChI is InChI=1S/C9H8BBrO2S/c1-5-4-7(11)9-6(2-3-14-9)8(5)10(12)13/h2-4,12-13H,1H3. The molecule has 1 aromatic carbocycles. The molecule has 72 valence electrons. The van der Waals surface area contributed by atoms with E-state index in [1.165, 1.54) is 0 Å². The number of fused-ring (bicyclic) bond motifs is 1. The first-order valence-corrected chi connectivity index (χ1v) is 5.81. The van der Waals surface area contributed by atoms with Crippen molar-refractivity contribution in [3.63, 3.8) is 0 Å². The van der Waals surface area contributed by atoms with Crippen molar-refractivity contribution >= 4 is 49.9 Å². The minimum atomic E-state index is -1.40. The van der Waals surface area contributed by atoms with Gasteiger partial charge in [0.15, 0.2) is 0 Å². The number of rotatable bonds is 1. The molecule has 2 aromatic rings. The Labute approximate surface area is 94.5 Å². The van der Waals surface area contributed by atoms with Crippen molar-refractivity contribution in [1.29, 1.82) is 0 Å². The molecule has 0 amide bonds. The van der Waals surface area contributed by atoms with E-state index in [4.69, 9.17) is 0 Å². The topological polar surface area (TPSA) is 40.5 Å². The first-order chi connectivity index (χ1) is 6.61. The Morgan fingerprint density at radius 1 is 1.43 bits per heavy atom. The van der Waals surface area contributed by atoms with Crippen molar-refractivity contribution in [1.82, 2.24) is 0 Å². The molecule has 14 heavy (non-hydrogen) atoms. The molecule has 0 spiro atoms. The summed E-state index contributed by atoms with van der Waals surface area (Å²) < 4.78 is 2.06. The monoisotopic (exact) mass is 270 g/mol. The van der Waals surface area contributed by atoms with Gasteiger partial charge in [0.2, 0.25) is 0 Å². The largest absolute Gasteiger partial charge is 0.489 e. The lowest BCUT2D eigenvalue weighted by Gasteiger charge is -2.07. The zero-order valence-corrected chi connectivity index (χ0v) is 9.89. The van der Waals surface area contributed by atoms with Gasteiger partial charge >= 0.3 is 7.12 Å². The van der Waals surface area contributed by atoms with Gasteiger partial charge in [-0.05, 0) is 56.8 Å². The Hall–Kier alpha value is -0.355. The van der Waals surface area contributed by atoms with Gasteiger partial charge in [-0.1, -0.05) is 0 Å². The minimum Gasteiger partial charge on any atom is -0.423 e. The fourth-order valence-corrected chi connectivity index (χ4v) is 3.25. The molecule has 0 radical (unpaired) electrons. The van der Waals surface area contributed by atoms with Crippen molar-refractivity contribution in [2.75, 3.05) is 0 Å². The lowest BCUT2D eigenvalue weighted by atomic mass is 9.75. The highest BCUT2D eigenvalue weighted by Gasteiger charge is 2.19. The molecule has 0 aliphatic rings. The molecule has 0 aliphatic carbocycles. The fraction of sp³-hybridized carbons (Fsp3) is 0.111. The zero-order valence-electron chi connectivity index (χ0n) is 7.49. The van der Waals surface area contributed by atoms with E-state index >= 15 is 0 Å². The van der Waals surface area contributed by atoms with Crippen LogP contribution in [-0.2, 0) is 0 Å². The van der Waals surface area contributed by atoms with E-state index in [9.17, 15) is 10.0 Å². The molecule has 0 fully saturated rings. The number of benzene rings is 1. The van der Waals surface area contributed by atoms with Crippen LogP contribution in [0.15, 0.2) is 22.0 Å². The van der Waals surface area contributed by atoms with Gasteiger partial charge in [0.1, 0.15) is 0 Å². The SMILES string of the molecule is Cc1cc(Br)c2sccc2c1B(O)O. The summed E-state index contributed by atoms with van der Waals surface area (Å²) >= 11 is 5.04.